The average Bonchev–Trinajstić information content (AvgIpc) is 3.12. The molecule has 28 heavy (non-hydrogen) atoms. The Kier molecular flexibility index (Phi) is 6.49. The van der Waals surface area contributed by atoms with E-state index < -0.39 is 0 Å². The molecule has 6 heteroatoms. The Morgan fingerprint density at radius 3 is 2.79 bits per heavy atom. The van der Waals surface area contributed by atoms with Gasteiger partial charge in [-0.3, -0.25) is 0 Å². The average molecular weight is 386 g/mol. The number of rotatable bonds is 8. The van der Waals surface area contributed by atoms with Gasteiger partial charge in [-0.2, -0.15) is 0 Å². The van der Waals surface area contributed by atoms with Crippen molar-refractivity contribution in [3.05, 3.63) is 47.9 Å². The number of aromatic nitrogens is 1. The zero-order valence-electron chi connectivity index (χ0n) is 16.7. The second-order valence-corrected chi connectivity index (χ2v) is 7.26. The summed E-state index contributed by atoms with van der Waals surface area (Å²) in [5, 5.41) is 0. The molecule has 5 nitrogen and oxygen atoms in total. The van der Waals surface area contributed by atoms with Crippen molar-refractivity contribution >= 4 is 11.5 Å². The van der Waals surface area contributed by atoms with Crippen LogP contribution >= 0.6 is 0 Å². The molecule has 1 aliphatic heterocycles. The Balaban J connectivity index is 1.60. The molecule has 1 aromatic heterocycles. The molecule has 1 unspecified atom stereocenters. The number of hydrogen-bond donors (Lipinski definition) is 0. The molecule has 1 aliphatic rings. The van der Waals surface area contributed by atoms with Crippen LogP contribution in [0.1, 0.15) is 45.1 Å². The van der Waals surface area contributed by atoms with Gasteiger partial charge in [0, 0.05) is 25.5 Å². The Labute approximate surface area is 165 Å². The zero-order chi connectivity index (χ0) is 20.1. The summed E-state index contributed by atoms with van der Waals surface area (Å²) in [6.45, 7) is 7.34. The van der Waals surface area contributed by atoms with Crippen molar-refractivity contribution in [3.63, 3.8) is 0 Å². The highest BCUT2D eigenvalue weighted by Crippen LogP contribution is 2.29. The first-order valence-electron chi connectivity index (χ1n) is 9.75. The minimum absolute atomic E-state index is 0.0106. The number of halogens is 1. The molecule has 0 aliphatic carbocycles. The van der Waals surface area contributed by atoms with E-state index in [0.29, 0.717) is 37.7 Å². The van der Waals surface area contributed by atoms with E-state index in [1.807, 2.05) is 43.0 Å². The van der Waals surface area contributed by atoms with Crippen molar-refractivity contribution < 1.29 is 18.7 Å². The summed E-state index contributed by atoms with van der Waals surface area (Å²) in [4.78, 5) is 17.2. The fourth-order valence-corrected chi connectivity index (χ4v) is 3.54. The molecule has 0 bridgehead atoms. The standard InChI is InChI=1S/C22H27FN2O3/c1-4-27-22-12-21(20(23)13-24-22)25-10-9-19(14-25)28-18-7-5-17(6-8-18)15(2)11-16(3)26/h5-8,12-13,15,19H,4,9-11,14H2,1-3H3/t15-,19?/m1/s1. The van der Waals surface area contributed by atoms with Gasteiger partial charge in [-0.05, 0) is 37.5 Å². The first-order valence-corrected chi connectivity index (χ1v) is 9.75. The van der Waals surface area contributed by atoms with Gasteiger partial charge in [-0.1, -0.05) is 19.1 Å². The van der Waals surface area contributed by atoms with Gasteiger partial charge < -0.3 is 19.2 Å². The number of Topliss-reactive ketones (excluding diaryl/α,β-unsaturated/α-hetero) is 1. The number of pyridine rings is 1. The number of ether oxygens (including phenoxy) is 2. The third-order valence-electron chi connectivity index (χ3n) is 4.93. The highest BCUT2D eigenvalue weighted by atomic mass is 19.1. The minimum Gasteiger partial charge on any atom is -0.489 e. The van der Waals surface area contributed by atoms with Crippen LogP contribution in [0.2, 0.25) is 0 Å². The van der Waals surface area contributed by atoms with Crippen LogP contribution in [0.5, 0.6) is 11.6 Å². The monoisotopic (exact) mass is 386 g/mol. The second kappa shape index (κ2) is 9.04. The van der Waals surface area contributed by atoms with Crippen LogP contribution in [-0.4, -0.2) is 36.6 Å². The highest BCUT2D eigenvalue weighted by molar-refractivity contribution is 5.76. The number of ketones is 1. The molecule has 3 rings (SSSR count). The van der Waals surface area contributed by atoms with Gasteiger partial charge in [0.15, 0.2) is 5.82 Å². The summed E-state index contributed by atoms with van der Waals surface area (Å²) in [5.41, 5.74) is 1.62. The predicted molar refractivity (Wildman–Crippen MR) is 107 cm³/mol. The van der Waals surface area contributed by atoms with E-state index in [1.165, 1.54) is 6.20 Å². The lowest BCUT2D eigenvalue weighted by Crippen LogP contribution is -2.25. The second-order valence-electron chi connectivity index (χ2n) is 7.26. The molecule has 0 amide bonds. The lowest BCUT2D eigenvalue weighted by atomic mass is 9.96. The third kappa shape index (κ3) is 5.00. The van der Waals surface area contributed by atoms with Crippen LogP contribution in [-0.2, 0) is 4.79 Å². The highest BCUT2D eigenvalue weighted by Gasteiger charge is 2.26. The van der Waals surface area contributed by atoms with Crippen LogP contribution < -0.4 is 14.4 Å². The Morgan fingerprint density at radius 1 is 1.36 bits per heavy atom. The van der Waals surface area contributed by atoms with Gasteiger partial charge in [0.25, 0.3) is 0 Å². The number of carbonyl (C=O) groups is 1. The fourth-order valence-electron chi connectivity index (χ4n) is 3.54. The number of carbonyl (C=O) groups excluding carboxylic acids is 1. The van der Waals surface area contributed by atoms with Gasteiger partial charge in [-0.25, -0.2) is 9.37 Å². The maximum Gasteiger partial charge on any atom is 0.215 e. The number of anilines is 1. The molecular formula is C22H27FN2O3. The van der Waals surface area contributed by atoms with E-state index >= 15 is 0 Å². The molecule has 1 saturated heterocycles. The summed E-state index contributed by atoms with van der Waals surface area (Å²) in [5.74, 6) is 1.25. The lowest BCUT2D eigenvalue weighted by molar-refractivity contribution is -0.117. The fraction of sp³-hybridized carbons (Fsp3) is 0.455. The first kappa shape index (κ1) is 20.1. The molecule has 1 aromatic carbocycles. The van der Waals surface area contributed by atoms with E-state index in [0.717, 1.165) is 17.7 Å². The van der Waals surface area contributed by atoms with Crippen molar-refractivity contribution in [2.75, 3.05) is 24.6 Å². The predicted octanol–water partition coefficient (Wildman–Crippen LogP) is 4.36. The first-order chi connectivity index (χ1) is 13.5. The summed E-state index contributed by atoms with van der Waals surface area (Å²) in [6.07, 6.45) is 2.55. The Morgan fingerprint density at radius 2 is 2.11 bits per heavy atom. The van der Waals surface area contributed by atoms with E-state index in [1.54, 1.807) is 13.0 Å². The van der Waals surface area contributed by atoms with Gasteiger partial charge in [0.1, 0.15) is 17.6 Å². The van der Waals surface area contributed by atoms with Crippen LogP contribution in [0.25, 0.3) is 0 Å². The maximum atomic E-state index is 14.2. The van der Waals surface area contributed by atoms with Gasteiger partial charge in [-0.15, -0.1) is 0 Å². The molecule has 2 heterocycles. The molecule has 150 valence electrons. The molecule has 0 spiro atoms. The van der Waals surface area contributed by atoms with Gasteiger partial charge >= 0.3 is 0 Å². The molecular weight excluding hydrogens is 359 g/mol. The van der Waals surface area contributed by atoms with Crippen molar-refractivity contribution in [1.29, 1.82) is 0 Å². The largest absolute Gasteiger partial charge is 0.489 e. The maximum absolute atomic E-state index is 14.2. The van der Waals surface area contributed by atoms with E-state index in [-0.39, 0.29) is 23.6 Å². The summed E-state index contributed by atoms with van der Waals surface area (Å²) >= 11 is 0. The summed E-state index contributed by atoms with van der Waals surface area (Å²) in [7, 11) is 0. The third-order valence-corrected chi connectivity index (χ3v) is 4.93. The minimum atomic E-state index is -0.354. The van der Waals surface area contributed by atoms with Crippen LogP contribution in [0.4, 0.5) is 10.1 Å². The van der Waals surface area contributed by atoms with Crippen LogP contribution in [0.3, 0.4) is 0 Å². The summed E-state index contributed by atoms with van der Waals surface area (Å²) in [6, 6.07) is 9.54. The molecule has 0 saturated carbocycles. The van der Waals surface area contributed by atoms with Gasteiger partial charge in [0.05, 0.1) is 25.0 Å². The molecule has 0 radical (unpaired) electrons. The molecule has 1 fully saturated rings. The van der Waals surface area contributed by atoms with Gasteiger partial charge in [0.2, 0.25) is 5.88 Å². The van der Waals surface area contributed by atoms with E-state index in [9.17, 15) is 9.18 Å². The Bertz CT molecular complexity index is 810. The SMILES string of the molecule is CCOc1cc(N2CCC(Oc3ccc([C@H](C)CC(C)=O)cc3)C2)c(F)cn1. The number of benzene rings is 1. The summed E-state index contributed by atoms with van der Waals surface area (Å²) < 4.78 is 25.7. The molecule has 2 atom stereocenters. The van der Waals surface area contributed by atoms with Crippen molar-refractivity contribution in [3.8, 4) is 11.6 Å². The molecule has 0 N–H and O–H groups in total. The van der Waals surface area contributed by atoms with Crippen molar-refractivity contribution in [2.24, 2.45) is 0 Å². The van der Waals surface area contributed by atoms with E-state index in [2.05, 4.69) is 4.98 Å². The lowest BCUT2D eigenvalue weighted by Gasteiger charge is -2.20. The van der Waals surface area contributed by atoms with E-state index in [4.69, 9.17) is 9.47 Å². The zero-order valence-corrected chi connectivity index (χ0v) is 16.7. The van der Waals surface area contributed by atoms with Crippen molar-refractivity contribution in [2.45, 2.75) is 45.6 Å². The Hall–Kier alpha value is -2.63. The topological polar surface area (TPSA) is 51.7 Å². The normalized spacial score (nSPS) is 17.4. The van der Waals surface area contributed by atoms with Crippen molar-refractivity contribution in [1.82, 2.24) is 4.98 Å². The van der Waals surface area contributed by atoms with Crippen LogP contribution in [0, 0.1) is 5.82 Å². The number of hydrogen-bond acceptors (Lipinski definition) is 5. The smallest absolute Gasteiger partial charge is 0.215 e. The molecule has 2 aromatic rings. The van der Waals surface area contributed by atoms with Crippen LogP contribution in [0.15, 0.2) is 36.5 Å². The quantitative estimate of drug-likeness (QED) is 0.675. The number of nitrogens with zero attached hydrogens (tertiary/aromatic N) is 2.